The number of ether oxygens (including phenoxy) is 1. The third kappa shape index (κ3) is 4.97. The van der Waals surface area contributed by atoms with Crippen LogP contribution in [0.1, 0.15) is 57.4 Å². The molecule has 5 heterocycles. The summed E-state index contributed by atoms with van der Waals surface area (Å²) in [6, 6.07) is 1.77. The number of hydrogen-bond acceptors (Lipinski definition) is 9. The van der Waals surface area contributed by atoms with E-state index in [0.717, 1.165) is 31.6 Å². The van der Waals surface area contributed by atoms with Gasteiger partial charge in [-0.3, -0.25) is 4.98 Å². The first-order valence-corrected chi connectivity index (χ1v) is 13.5. The first-order chi connectivity index (χ1) is 18.5. The van der Waals surface area contributed by atoms with Crippen LogP contribution in [0.5, 0.6) is 0 Å². The molecule has 11 nitrogen and oxygen atoms in total. The van der Waals surface area contributed by atoms with Gasteiger partial charge in [-0.05, 0) is 49.5 Å². The lowest BCUT2D eigenvalue weighted by atomic mass is 9.83. The van der Waals surface area contributed by atoms with Crippen molar-refractivity contribution in [2.45, 2.75) is 58.1 Å². The Morgan fingerprint density at radius 3 is 2.63 bits per heavy atom. The molecule has 2 fully saturated rings. The Labute approximate surface area is 223 Å². The Balaban J connectivity index is 1.55. The number of aliphatic hydroxyl groups is 1. The van der Waals surface area contributed by atoms with Crippen LogP contribution in [0.3, 0.4) is 0 Å². The van der Waals surface area contributed by atoms with E-state index >= 15 is 0 Å². The smallest absolute Gasteiger partial charge is 0.385 e. The summed E-state index contributed by atoms with van der Waals surface area (Å²) >= 11 is 6.31. The monoisotopic (exact) mass is 539 g/mol. The zero-order valence-electron chi connectivity index (χ0n) is 21.1. The molecule has 12 heteroatoms. The topological polar surface area (TPSA) is 145 Å². The van der Waals surface area contributed by atoms with Gasteiger partial charge in [0.05, 0.1) is 5.02 Å². The first-order valence-electron chi connectivity index (χ1n) is 13.2. The highest BCUT2D eigenvalue weighted by molar-refractivity contribution is 6.30. The lowest BCUT2D eigenvalue weighted by Crippen LogP contribution is -2.26. The summed E-state index contributed by atoms with van der Waals surface area (Å²) in [7, 11) is 0. The third-order valence-electron chi connectivity index (χ3n) is 7.79. The van der Waals surface area contributed by atoms with Crippen molar-refractivity contribution in [3.05, 3.63) is 39.9 Å². The summed E-state index contributed by atoms with van der Waals surface area (Å²) in [5, 5.41) is 18.2. The van der Waals surface area contributed by atoms with Crippen LogP contribution in [0.2, 0.25) is 5.02 Å². The summed E-state index contributed by atoms with van der Waals surface area (Å²) in [4.78, 5) is 30.2. The zero-order chi connectivity index (χ0) is 26.2. The molecule has 6 rings (SSSR count). The fourth-order valence-electron chi connectivity index (χ4n) is 5.64. The number of H-pyrrole nitrogens is 1. The molecule has 0 spiro atoms. The average Bonchev–Trinajstić information content (AvgIpc) is 3.53. The average molecular weight is 540 g/mol. The minimum absolute atomic E-state index is 0.0266. The summed E-state index contributed by atoms with van der Waals surface area (Å²) < 4.78 is 12.8. The van der Waals surface area contributed by atoms with E-state index in [4.69, 9.17) is 30.7 Å². The van der Waals surface area contributed by atoms with Crippen LogP contribution in [-0.4, -0.2) is 53.0 Å². The number of hydrogen-bond donors (Lipinski definition) is 2. The molecule has 0 amide bonds. The van der Waals surface area contributed by atoms with Crippen LogP contribution in [-0.2, 0) is 11.3 Å². The van der Waals surface area contributed by atoms with E-state index in [1.165, 1.54) is 12.8 Å². The zero-order valence-corrected chi connectivity index (χ0v) is 21.9. The maximum atomic E-state index is 11.7. The molecule has 200 valence electrons. The summed E-state index contributed by atoms with van der Waals surface area (Å²) in [6.07, 6.45) is 8.53. The molecule has 1 saturated carbocycles. The molecule has 4 aromatic rings. The van der Waals surface area contributed by atoms with E-state index in [2.05, 4.69) is 31.7 Å². The van der Waals surface area contributed by atoms with E-state index in [9.17, 15) is 9.90 Å². The van der Waals surface area contributed by atoms with E-state index in [0.29, 0.717) is 58.9 Å². The number of aromatic amines is 1. The van der Waals surface area contributed by atoms with Gasteiger partial charge in [-0.25, -0.2) is 24.8 Å². The molecule has 1 aliphatic heterocycles. The van der Waals surface area contributed by atoms with Gasteiger partial charge in [0.2, 0.25) is 5.82 Å². The predicted octanol–water partition coefficient (Wildman–Crippen LogP) is 4.17. The number of nitrogens with one attached hydrogen (secondary N) is 1. The quantitative estimate of drug-likeness (QED) is 0.368. The van der Waals surface area contributed by atoms with Crippen LogP contribution in [0.15, 0.2) is 27.7 Å². The number of pyridine rings is 1. The van der Waals surface area contributed by atoms with Gasteiger partial charge in [-0.15, -0.1) is 5.10 Å². The molecule has 1 atom stereocenters. The van der Waals surface area contributed by atoms with Crippen molar-refractivity contribution in [2.75, 3.05) is 13.2 Å². The van der Waals surface area contributed by atoms with E-state index in [1.807, 2.05) is 0 Å². The van der Waals surface area contributed by atoms with Crippen LogP contribution >= 0.6 is 11.6 Å². The molecular formula is C26H30ClN7O4. The maximum Gasteiger partial charge on any atom is 0.434 e. The number of imidazole rings is 1. The van der Waals surface area contributed by atoms with Gasteiger partial charge in [0.25, 0.3) is 5.89 Å². The number of aliphatic hydroxyl groups excluding tert-OH is 1. The van der Waals surface area contributed by atoms with Crippen molar-refractivity contribution in [3.63, 3.8) is 0 Å². The number of halogens is 1. The van der Waals surface area contributed by atoms with Crippen LogP contribution in [0.4, 0.5) is 0 Å². The predicted molar refractivity (Wildman–Crippen MR) is 139 cm³/mol. The minimum Gasteiger partial charge on any atom is -0.385 e. The summed E-state index contributed by atoms with van der Waals surface area (Å²) in [5.41, 5.74) is 2.28. The Morgan fingerprint density at radius 2 is 1.92 bits per heavy atom. The fourth-order valence-corrected chi connectivity index (χ4v) is 5.81. The molecule has 4 aromatic heterocycles. The van der Waals surface area contributed by atoms with Crippen molar-refractivity contribution in [2.24, 2.45) is 17.8 Å². The SMILES string of the molecule is CC1CCC(Cn2c(C(O)C3CCOCC3)nc3nc(-c4n[nH]c(=O)o4)nc(-c4cncc(Cl)c4)c32)CC1. The second-order valence-corrected chi connectivity index (χ2v) is 10.9. The van der Waals surface area contributed by atoms with Gasteiger partial charge in [-0.1, -0.05) is 31.4 Å². The number of fused-ring (bicyclic) bond motifs is 1. The first kappa shape index (κ1) is 25.1. The van der Waals surface area contributed by atoms with Gasteiger partial charge in [0.1, 0.15) is 23.1 Å². The highest BCUT2D eigenvalue weighted by Gasteiger charge is 2.32. The van der Waals surface area contributed by atoms with E-state index in [-0.39, 0.29) is 17.6 Å². The van der Waals surface area contributed by atoms with Gasteiger partial charge >= 0.3 is 5.76 Å². The van der Waals surface area contributed by atoms with Crippen LogP contribution in [0, 0.1) is 17.8 Å². The minimum atomic E-state index is -0.785. The van der Waals surface area contributed by atoms with Crippen molar-refractivity contribution in [1.29, 1.82) is 0 Å². The fraction of sp³-hybridized carbons (Fsp3) is 0.538. The summed E-state index contributed by atoms with van der Waals surface area (Å²) in [6.45, 7) is 4.23. The van der Waals surface area contributed by atoms with Crippen LogP contribution < -0.4 is 5.76 Å². The van der Waals surface area contributed by atoms with Crippen molar-refractivity contribution in [3.8, 4) is 23.0 Å². The molecule has 0 bridgehead atoms. The third-order valence-corrected chi connectivity index (χ3v) is 8.00. The van der Waals surface area contributed by atoms with E-state index in [1.54, 1.807) is 18.5 Å². The van der Waals surface area contributed by atoms with Crippen molar-refractivity contribution in [1.82, 2.24) is 34.7 Å². The molecular weight excluding hydrogens is 510 g/mol. The Kier molecular flexibility index (Phi) is 6.98. The highest BCUT2D eigenvalue weighted by Crippen LogP contribution is 2.37. The number of rotatable bonds is 6. The molecule has 1 saturated heterocycles. The Hall–Kier alpha value is -3.15. The maximum absolute atomic E-state index is 11.7. The van der Waals surface area contributed by atoms with Gasteiger partial charge < -0.3 is 18.8 Å². The lowest BCUT2D eigenvalue weighted by Gasteiger charge is -2.30. The van der Waals surface area contributed by atoms with Gasteiger partial charge in [-0.2, -0.15) is 0 Å². The second-order valence-electron chi connectivity index (χ2n) is 10.5. The van der Waals surface area contributed by atoms with Crippen molar-refractivity contribution < 1.29 is 14.3 Å². The number of nitrogens with zero attached hydrogens (tertiary/aromatic N) is 6. The molecule has 1 unspecified atom stereocenters. The van der Waals surface area contributed by atoms with E-state index < -0.39 is 11.9 Å². The lowest BCUT2D eigenvalue weighted by molar-refractivity contribution is 0.00228. The normalized spacial score (nSPS) is 21.7. The van der Waals surface area contributed by atoms with Gasteiger partial charge in [0, 0.05) is 37.7 Å². The Morgan fingerprint density at radius 1 is 1.13 bits per heavy atom. The molecule has 38 heavy (non-hydrogen) atoms. The molecule has 1 aliphatic carbocycles. The molecule has 0 radical (unpaired) electrons. The second kappa shape index (κ2) is 10.5. The largest absolute Gasteiger partial charge is 0.434 e. The molecule has 2 aliphatic rings. The number of aromatic nitrogens is 7. The van der Waals surface area contributed by atoms with Gasteiger partial charge in [0.15, 0.2) is 5.65 Å². The molecule has 0 aromatic carbocycles. The standard InChI is InChI=1S/C26H30ClN7O4/c1-14-2-4-15(5-3-14)13-34-20-19(17-10-18(27)12-28-11-17)29-23(25-32-33-26(36)38-25)30-22(20)31-24(34)21(35)16-6-8-37-9-7-16/h10-12,14-16,21,35H,2-9,13H2,1H3,(H,33,36). The Bertz CT molecular complexity index is 1480. The van der Waals surface area contributed by atoms with Crippen LogP contribution in [0.25, 0.3) is 34.1 Å². The highest BCUT2D eigenvalue weighted by atomic mass is 35.5. The van der Waals surface area contributed by atoms with Crippen molar-refractivity contribution >= 4 is 22.8 Å². The molecule has 2 N–H and O–H groups in total. The summed E-state index contributed by atoms with van der Waals surface area (Å²) in [5.74, 6) is 1.11.